The van der Waals surface area contributed by atoms with Gasteiger partial charge in [-0.15, -0.1) is 0 Å². The molecule has 0 aliphatic carbocycles. The van der Waals surface area contributed by atoms with Gasteiger partial charge in [0.1, 0.15) is 54.2 Å². The molecule has 1 aromatic carbocycles. The monoisotopic (exact) mass is 1110 g/mol. The van der Waals surface area contributed by atoms with Crippen LogP contribution in [-0.2, 0) is 63.8 Å². The average Bonchev–Trinajstić information content (AvgIpc) is 4.13. The van der Waals surface area contributed by atoms with E-state index in [1.54, 1.807) is 52.0 Å². The number of carbonyl (C=O) groups is 10. The Kier molecular flexibility index (Phi) is 24.3. The van der Waals surface area contributed by atoms with Crippen LogP contribution in [-0.4, -0.2) is 190 Å². The zero-order chi connectivity index (χ0) is 59.3. The van der Waals surface area contributed by atoms with E-state index in [2.05, 4.69) is 16.0 Å². The summed E-state index contributed by atoms with van der Waals surface area (Å²) in [6.07, 6.45) is -4.99. The molecule has 442 valence electrons. The predicted molar refractivity (Wildman–Crippen MR) is 290 cm³/mol. The van der Waals surface area contributed by atoms with Crippen LogP contribution in [0.1, 0.15) is 133 Å². The summed E-state index contributed by atoms with van der Waals surface area (Å²) >= 11 is 0. The van der Waals surface area contributed by atoms with Gasteiger partial charge in [-0.3, -0.25) is 43.2 Å². The van der Waals surface area contributed by atoms with E-state index < -0.39 is 150 Å². The lowest BCUT2D eigenvalue weighted by molar-refractivity contribution is -0.163. The molecule has 0 aromatic heterocycles. The van der Waals surface area contributed by atoms with Crippen molar-refractivity contribution in [1.82, 2.24) is 35.6 Å². The van der Waals surface area contributed by atoms with Crippen molar-refractivity contribution < 1.29 is 72.4 Å². The number of fused-ring (bicyclic) bond motifs is 1. The lowest BCUT2D eigenvalue weighted by Gasteiger charge is -2.36. The van der Waals surface area contributed by atoms with E-state index in [0.717, 1.165) is 0 Å². The van der Waals surface area contributed by atoms with Gasteiger partial charge in [0.2, 0.25) is 35.4 Å². The smallest absolute Gasteiger partial charge is 0.329 e. The zero-order valence-corrected chi connectivity index (χ0v) is 48.8. The Balaban J connectivity index is 1.89. The molecule has 0 radical (unpaired) electrons. The number of esters is 2. The number of nitrogens with zero attached hydrogens (tertiary/aromatic N) is 4. The van der Waals surface area contributed by atoms with E-state index in [4.69, 9.17) is 14.2 Å². The molecule has 4 rings (SSSR count). The molecule has 3 fully saturated rings. The number of methoxy groups -OCH3 is 1. The average molecular weight is 1110 g/mol. The summed E-state index contributed by atoms with van der Waals surface area (Å²) in [6, 6.07) is -2.19. The SMILES string of the molecule is CC[C@H](C)[C@H]1NC(=O)C(NC(=O)[C@@H](CC(C)C)N(C)C(=O)[C@H]2CCCN2C(=O)[C@H](C)O)[C@@H](C)OC(=O)[C@H](Cc2ccc(OC)cc2)N(C)C(=O)[C@@H]2CCCN2C(=O)[C@H](CC(C)C)NC(=O)[C@@H](C)C(=O)[C@H](C(C)C)OC(=O)C[C@@H]1O. The number of carbonyl (C=O) groups excluding carboxylic acids is 10. The lowest BCUT2D eigenvalue weighted by Crippen LogP contribution is -2.62. The molecule has 1 unspecified atom stereocenters. The number of cyclic esters (lactones) is 2. The number of ether oxygens (including phenoxy) is 3. The van der Waals surface area contributed by atoms with Gasteiger partial charge in [-0.1, -0.05) is 73.9 Å². The summed E-state index contributed by atoms with van der Waals surface area (Å²) in [5, 5.41) is 30.2. The third-order valence-electron chi connectivity index (χ3n) is 15.5. The Labute approximate surface area is 465 Å². The van der Waals surface area contributed by atoms with Crippen molar-refractivity contribution in [2.45, 2.75) is 201 Å². The topological polar surface area (TPSA) is 288 Å². The molecule has 0 saturated carbocycles. The fourth-order valence-electron chi connectivity index (χ4n) is 10.5. The first-order chi connectivity index (χ1) is 37.0. The summed E-state index contributed by atoms with van der Waals surface area (Å²) in [4.78, 5) is 149. The molecule has 3 aliphatic rings. The van der Waals surface area contributed by atoms with Gasteiger partial charge in [0.25, 0.3) is 5.91 Å². The highest BCUT2D eigenvalue weighted by molar-refractivity contribution is 6.05. The van der Waals surface area contributed by atoms with Crippen LogP contribution < -0.4 is 20.7 Å². The summed E-state index contributed by atoms with van der Waals surface area (Å²) in [7, 11) is 4.29. The highest BCUT2D eigenvalue weighted by Gasteiger charge is 2.46. The summed E-state index contributed by atoms with van der Waals surface area (Å²) < 4.78 is 17.2. The molecule has 7 amide bonds. The maximum atomic E-state index is 15.0. The Morgan fingerprint density at radius 2 is 1.49 bits per heavy atom. The van der Waals surface area contributed by atoms with Crippen LogP contribution in [0.3, 0.4) is 0 Å². The van der Waals surface area contributed by atoms with Crippen molar-refractivity contribution in [3.63, 3.8) is 0 Å². The third-order valence-corrected chi connectivity index (χ3v) is 15.5. The van der Waals surface area contributed by atoms with Crippen LogP contribution in [0.25, 0.3) is 0 Å². The number of aliphatic hydroxyl groups is 2. The number of aliphatic hydroxyl groups excluding tert-OH is 2. The van der Waals surface area contributed by atoms with Crippen molar-refractivity contribution in [2.24, 2.45) is 29.6 Å². The third kappa shape index (κ3) is 16.9. The first kappa shape index (κ1) is 65.4. The number of benzene rings is 1. The van der Waals surface area contributed by atoms with Crippen LogP contribution in [0.15, 0.2) is 24.3 Å². The summed E-state index contributed by atoms with van der Waals surface area (Å²) in [5.41, 5.74) is 0.571. The van der Waals surface area contributed by atoms with Crippen molar-refractivity contribution >= 4 is 59.1 Å². The quantitative estimate of drug-likeness (QED) is 0.124. The van der Waals surface area contributed by atoms with Gasteiger partial charge in [-0.05, 0) is 101 Å². The van der Waals surface area contributed by atoms with Gasteiger partial charge < -0.3 is 60.0 Å². The number of nitrogens with one attached hydrogen (secondary N) is 3. The minimum atomic E-state index is -1.76. The molecule has 0 spiro atoms. The molecule has 0 bridgehead atoms. The maximum Gasteiger partial charge on any atom is 0.329 e. The fourth-order valence-corrected chi connectivity index (χ4v) is 10.5. The molecule has 22 nitrogen and oxygen atoms in total. The molecule has 13 atom stereocenters. The van der Waals surface area contributed by atoms with Crippen LogP contribution >= 0.6 is 0 Å². The Morgan fingerprint density at radius 1 is 0.861 bits per heavy atom. The van der Waals surface area contributed by atoms with Gasteiger partial charge in [0.15, 0.2) is 11.9 Å². The Bertz CT molecular complexity index is 2330. The van der Waals surface area contributed by atoms with Crippen LogP contribution in [0, 0.1) is 29.6 Å². The predicted octanol–water partition coefficient (Wildman–Crippen LogP) is 2.32. The van der Waals surface area contributed by atoms with Crippen molar-refractivity contribution in [3.05, 3.63) is 29.8 Å². The van der Waals surface area contributed by atoms with Crippen LogP contribution in [0.2, 0.25) is 0 Å². The summed E-state index contributed by atoms with van der Waals surface area (Å²) in [5.74, 6) is -10.3. The number of rotatable bonds is 15. The van der Waals surface area contributed by atoms with E-state index in [0.29, 0.717) is 30.6 Å². The number of likely N-dealkylation sites (N-methyl/N-ethyl adjacent to an activating group) is 2. The van der Waals surface area contributed by atoms with Crippen molar-refractivity contribution in [2.75, 3.05) is 34.3 Å². The molecule has 3 aliphatic heterocycles. The molecule has 3 saturated heterocycles. The Morgan fingerprint density at radius 3 is 2.06 bits per heavy atom. The minimum absolute atomic E-state index is 0.0720. The number of Topliss-reactive ketones (excluding diaryl/α,β-unsaturated/α-hetero) is 1. The lowest BCUT2D eigenvalue weighted by atomic mass is 9.91. The van der Waals surface area contributed by atoms with E-state index in [1.165, 1.54) is 61.6 Å². The second-order valence-electron chi connectivity index (χ2n) is 23.0. The van der Waals surface area contributed by atoms with Crippen LogP contribution in [0.4, 0.5) is 0 Å². The van der Waals surface area contributed by atoms with E-state index in [1.807, 2.05) is 27.7 Å². The molecule has 79 heavy (non-hydrogen) atoms. The Hall–Kier alpha value is -6.16. The highest BCUT2D eigenvalue weighted by Crippen LogP contribution is 2.27. The van der Waals surface area contributed by atoms with Crippen molar-refractivity contribution in [1.29, 1.82) is 0 Å². The number of hydrogen-bond acceptors (Lipinski definition) is 15. The van der Waals surface area contributed by atoms with Crippen molar-refractivity contribution in [3.8, 4) is 5.75 Å². The molecular formula is C57H89N7O15. The summed E-state index contributed by atoms with van der Waals surface area (Å²) in [6.45, 7) is 18.4. The normalized spacial score (nSPS) is 27.7. The molecule has 1 aromatic rings. The largest absolute Gasteiger partial charge is 0.497 e. The van der Waals surface area contributed by atoms with E-state index >= 15 is 4.79 Å². The number of likely N-dealkylation sites (tertiary alicyclic amines) is 1. The minimum Gasteiger partial charge on any atom is -0.497 e. The van der Waals surface area contributed by atoms with Gasteiger partial charge in [0.05, 0.1) is 31.6 Å². The zero-order valence-electron chi connectivity index (χ0n) is 48.8. The molecule has 3 heterocycles. The van der Waals surface area contributed by atoms with E-state index in [-0.39, 0.29) is 57.0 Å². The fraction of sp³-hybridized carbons (Fsp3) is 0.719. The highest BCUT2D eigenvalue weighted by atomic mass is 16.6. The van der Waals surface area contributed by atoms with Crippen LogP contribution in [0.5, 0.6) is 5.75 Å². The van der Waals surface area contributed by atoms with Gasteiger partial charge in [0, 0.05) is 33.6 Å². The van der Waals surface area contributed by atoms with E-state index in [9.17, 15) is 53.4 Å². The number of ketones is 1. The molecule has 22 heteroatoms. The van der Waals surface area contributed by atoms with Gasteiger partial charge >= 0.3 is 11.9 Å². The second-order valence-corrected chi connectivity index (χ2v) is 23.0. The number of hydrogen-bond donors (Lipinski definition) is 5. The second kappa shape index (κ2) is 29.3. The standard InChI is InChI=1S/C57H89N7O15/c1-15-33(8)46-44(66)29-45(67)79-49(32(6)7)48(68)34(9)50(69)58-39(26-30(2)3)54(73)64-25-17-19-41(64)56(75)62(13)43(28-37-20-22-38(77-14)23-21-37)57(76)78-36(11)47(52(71)59-46)60-51(70)42(27-31(4)5)61(12)55(74)40-18-16-24-63(40)53(72)35(10)65/h20-23,30-36,39-44,46-47,49,65-66H,15-19,24-29H2,1-14H3,(H,58,69)(H,59,71)(H,60,70)/t33-,34-,35-,36+,39-,40+,41-,42+,43-,44-,46+,47?,49-/m0/s1. The first-order valence-electron chi connectivity index (χ1n) is 28.0. The molecular weight excluding hydrogens is 1020 g/mol. The molecule has 5 N–H and O–H groups in total. The van der Waals surface area contributed by atoms with Gasteiger partial charge in [-0.25, -0.2) is 4.79 Å². The van der Waals surface area contributed by atoms with Gasteiger partial charge in [-0.2, -0.15) is 0 Å². The number of amides is 7. The first-order valence-corrected chi connectivity index (χ1v) is 28.0. The maximum absolute atomic E-state index is 15.0.